The third-order valence-electron chi connectivity index (χ3n) is 14.1. The Morgan fingerprint density at radius 3 is 2.23 bits per heavy atom. The lowest BCUT2D eigenvalue weighted by Gasteiger charge is -2.42. The van der Waals surface area contributed by atoms with E-state index in [0.29, 0.717) is 86.4 Å². The molecule has 0 N–H and O–H groups in total. The summed E-state index contributed by atoms with van der Waals surface area (Å²) in [6.45, 7) is 30.7. The maximum atomic E-state index is 16.5. The van der Waals surface area contributed by atoms with Crippen molar-refractivity contribution in [2.45, 2.75) is 128 Å². The summed E-state index contributed by atoms with van der Waals surface area (Å²) in [7, 11) is -0.711. The molecule has 4 aliphatic heterocycles. The number of piperazine rings is 1. The number of methoxy groups -OCH3 is 1. The van der Waals surface area contributed by atoms with Gasteiger partial charge in [-0.1, -0.05) is 89.4 Å². The van der Waals surface area contributed by atoms with Crippen molar-refractivity contribution in [3.63, 3.8) is 0 Å². The molecule has 2 aromatic heterocycles. The van der Waals surface area contributed by atoms with Gasteiger partial charge in [-0.15, -0.1) is 5.54 Å². The van der Waals surface area contributed by atoms with E-state index in [2.05, 4.69) is 76.0 Å². The standard InChI is InChI=1S/C51H64ClFN6O5Si/c1-30(2)65(31(3)4,32(5)6)18-17-39-42(53)16-13-35-19-38(63-29-61-12)20-40(43(35)39)45-44(52)46-41(23-54-45)47(57-26-36-14-15-37(27-57)59(36)49(60)64-50(9,10)11)56-48(55-46)62-28-51-21-33(7)24-58(51)25-34(8)22-51/h13,16,19-20,23,30-32,36-37H,7-8,14-15,21-22,24-29H2,1-6,9-12H3/t36-,37+. The SMILES string of the molecule is C=C1CN2CC(=C)CC2(COc2nc(N3C[C@H]4CC[C@@H](C3)N4C(=O)OC(C)(C)C)c3cnc(-c4cc(OCOC)cc5ccc(F)c(C#C[Si](C(C)C)(C(C)C)C(C)C)c45)c(Cl)c3n2)C1. The Balaban J connectivity index is 1.29. The van der Waals surface area contributed by atoms with Crippen molar-refractivity contribution in [1.29, 1.82) is 0 Å². The zero-order chi connectivity index (χ0) is 46.7. The van der Waals surface area contributed by atoms with Crippen molar-refractivity contribution < 1.29 is 28.1 Å². The molecular formula is C51H64ClFN6O5Si. The lowest BCUT2D eigenvalue weighted by atomic mass is 9.92. The second-order valence-electron chi connectivity index (χ2n) is 20.6. The van der Waals surface area contributed by atoms with Crippen LogP contribution in [0, 0.1) is 17.3 Å². The van der Waals surface area contributed by atoms with Gasteiger partial charge in [0, 0.05) is 50.4 Å². The van der Waals surface area contributed by atoms with Crippen LogP contribution in [0.25, 0.3) is 32.9 Å². The Hall–Kier alpha value is -4.74. The predicted molar refractivity (Wildman–Crippen MR) is 260 cm³/mol. The number of carbonyl (C=O) groups is 1. The quantitative estimate of drug-likeness (QED) is 0.0625. The molecule has 8 rings (SSSR count). The summed E-state index contributed by atoms with van der Waals surface area (Å²) in [4.78, 5) is 35.2. The molecule has 4 aliphatic rings. The zero-order valence-electron chi connectivity index (χ0n) is 39.7. The number of ether oxygens (including phenoxy) is 4. The van der Waals surface area contributed by atoms with Gasteiger partial charge in [-0.25, -0.2) is 9.18 Å². The van der Waals surface area contributed by atoms with Gasteiger partial charge in [0.25, 0.3) is 0 Å². The largest absolute Gasteiger partial charge is 0.468 e. The van der Waals surface area contributed by atoms with E-state index in [-0.39, 0.29) is 41.5 Å². The van der Waals surface area contributed by atoms with Gasteiger partial charge in [-0.2, -0.15) is 9.97 Å². The van der Waals surface area contributed by atoms with Gasteiger partial charge >= 0.3 is 12.1 Å². The van der Waals surface area contributed by atoms with E-state index in [9.17, 15) is 4.79 Å². The molecule has 14 heteroatoms. The topological polar surface area (TPSA) is 102 Å². The van der Waals surface area contributed by atoms with Crippen LogP contribution in [0.3, 0.4) is 0 Å². The fourth-order valence-corrected chi connectivity index (χ4v) is 16.9. The van der Waals surface area contributed by atoms with E-state index in [1.807, 2.05) is 37.8 Å². The number of benzene rings is 2. The van der Waals surface area contributed by atoms with Crippen LogP contribution < -0.4 is 14.4 Å². The molecule has 65 heavy (non-hydrogen) atoms. The van der Waals surface area contributed by atoms with Gasteiger partial charge in [0.05, 0.1) is 39.3 Å². The number of nitrogens with zero attached hydrogens (tertiary/aromatic N) is 6. The first-order valence-corrected chi connectivity index (χ1v) is 25.6. The number of amides is 1. The van der Waals surface area contributed by atoms with Gasteiger partial charge in [0.1, 0.15) is 43.2 Å². The van der Waals surface area contributed by atoms with Crippen molar-refractivity contribution in [1.82, 2.24) is 24.8 Å². The van der Waals surface area contributed by atoms with Crippen LogP contribution in [0.2, 0.25) is 21.6 Å². The summed E-state index contributed by atoms with van der Waals surface area (Å²) in [6.07, 6.45) is 4.71. The molecule has 6 heterocycles. The molecule has 4 aromatic rings. The van der Waals surface area contributed by atoms with Gasteiger partial charge in [-0.05, 0) is 86.7 Å². The van der Waals surface area contributed by atoms with Crippen molar-refractivity contribution in [3.05, 3.63) is 71.2 Å². The van der Waals surface area contributed by atoms with Crippen LogP contribution in [0.15, 0.2) is 54.8 Å². The average molecular weight is 924 g/mol. The van der Waals surface area contributed by atoms with Crippen molar-refractivity contribution >= 4 is 53.3 Å². The number of anilines is 1. The Kier molecular flexibility index (Phi) is 12.8. The second-order valence-corrected chi connectivity index (χ2v) is 26.6. The number of pyridine rings is 1. The van der Waals surface area contributed by atoms with E-state index >= 15 is 4.39 Å². The molecule has 4 saturated heterocycles. The molecule has 2 atom stereocenters. The molecule has 2 aromatic carbocycles. The summed E-state index contributed by atoms with van der Waals surface area (Å²) in [6, 6.07) is 6.91. The average Bonchev–Trinajstić information content (AvgIpc) is 3.80. The monoisotopic (exact) mass is 922 g/mol. The summed E-state index contributed by atoms with van der Waals surface area (Å²) < 4.78 is 40.3. The molecule has 2 bridgehead atoms. The summed E-state index contributed by atoms with van der Waals surface area (Å²) in [5, 5.41) is 2.17. The van der Waals surface area contributed by atoms with Gasteiger partial charge in [0.15, 0.2) is 6.79 Å². The molecule has 0 aliphatic carbocycles. The van der Waals surface area contributed by atoms with E-state index in [4.69, 9.17) is 45.5 Å². The summed E-state index contributed by atoms with van der Waals surface area (Å²) >= 11 is 7.62. The highest BCUT2D eigenvalue weighted by molar-refractivity contribution is 6.90. The van der Waals surface area contributed by atoms with Crippen LogP contribution in [-0.2, 0) is 9.47 Å². The maximum Gasteiger partial charge on any atom is 0.410 e. The predicted octanol–water partition coefficient (Wildman–Crippen LogP) is 11.1. The Morgan fingerprint density at radius 1 is 0.985 bits per heavy atom. The molecule has 0 saturated carbocycles. The van der Waals surface area contributed by atoms with E-state index in [1.165, 1.54) is 6.07 Å². The van der Waals surface area contributed by atoms with Crippen molar-refractivity contribution in [2.75, 3.05) is 51.6 Å². The van der Waals surface area contributed by atoms with Gasteiger partial charge < -0.3 is 23.8 Å². The molecular weight excluding hydrogens is 859 g/mol. The summed E-state index contributed by atoms with van der Waals surface area (Å²) in [5.74, 6) is 4.12. The first-order chi connectivity index (χ1) is 30.7. The maximum absolute atomic E-state index is 16.5. The number of aromatic nitrogens is 3. The third-order valence-corrected chi connectivity index (χ3v) is 20.7. The lowest BCUT2D eigenvalue weighted by molar-refractivity contribution is 0.0122. The number of halogens is 2. The number of hydrogen-bond acceptors (Lipinski definition) is 10. The fraction of sp³-hybridized carbons (Fsp3) is 0.529. The van der Waals surface area contributed by atoms with Crippen LogP contribution >= 0.6 is 11.6 Å². The summed E-state index contributed by atoms with van der Waals surface area (Å²) in [5.41, 5.74) is 7.87. The van der Waals surface area contributed by atoms with E-state index < -0.39 is 19.5 Å². The normalized spacial score (nSPS) is 19.8. The zero-order valence-corrected chi connectivity index (χ0v) is 41.5. The van der Waals surface area contributed by atoms with Gasteiger partial charge in [0.2, 0.25) is 0 Å². The Morgan fingerprint density at radius 2 is 1.63 bits per heavy atom. The molecule has 1 amide bonds. The molecule has 346 valence electrons. The first kappa shape index (κ1) is 46.8. The molecule has 0 unspecified atom stereocenters. The Labute approximate surface area is 389 Å². The highest BCUT2D eigenvalue weighted by Gasteiger charge is 2.49. The van der Waals surface area contributed by atoms with Crippen molar-refractivity contribution in [3.8, 4) is 34.5 Å². The molecule has 4 fully saturated rings. The highest BCUT2D eigenvalue weighted by atomic mass is 35.5. The Bertz CT molecular complexity index is 2560. The van der Waals surface area contributed by atoms with Crippen molar-refractivity contribution in [2.24, 2.45) is 0 Å². The molecule has 0 spiro atoms. The van der Waals surface area contributed by atoms with Crippen LogP contribution in [0.4, 0.5) is 15.0 Å². The number of carbonyl (C=O) groups excluding carboxylic acids is 1. The van der Waals surface area contributed by atoms with Crippen LogP contribution in [0.1, 0.15) is 93.6 Å². The first-order valence-electron chi connectivity index (χ1n) is 23.0. The van der Waals surface area contributed by atoms with Crippen LogP contribution in [-0.4, -0.2) is 109 Å². The second kappa shape index (κ2) is 17.8. The number of fused-ring (bicyclic) bond motifs is 5. The highest BCUT2D eigenvalue weighted by Crippen LogP contribution is 2.46. The molecule has 0 radical (unpaired) electrons. The third kappa shape index (κ3) is 8.72. The molecule has 11 nitrogen and oxygen atoms in total. The smallest absolute Gasteiger partial charge is 0.410 e. The van der Waals surface area contributed by atoms with Crippen LogP contribution in [0.5, 0.6) is 11.8 Å². The minimum Gasteiger partial charge on any atom is -0.468 e. The van der Waals surface area contributed by atoms with E-state index in [1.54, 1.807) is 19.4 Å². The minimum atomic E-state index is -2.27. The fourth-order valence-electron chi connectivity index (χ4n) is 11.4. The number of rotatable bonds is 11. The van der Waals surface area contributed by atoms with Gasteiger partial charge in [-0.3, -0.25) is 14.8 Å². The van der Waals surface area contributed by atoms with E-state index in [0.717, 1.165) is 49.9 Å². The minimum absolute atomic E-state index is 0.00302. The number of hydrogen-bond donors (Lipinski definition) is 0. The lowest BCUT2D eigenvalue weighted by Crippen LogP contribution is -2.57.